The fraction of sp³-hybridized carbons (Fsp3) is 0.440. The van der Waals surface area contributed by atoms with Gasteiger partial charge in [-0.3, -0.25) is 14.7 Å². The minimum Gasteiger partial charge on any atom is -0.410 e. The molecule has 14 nitrogen and oxygen atoms in total. The second-order valence-electron chi connectivity index (χ2n) is 9.43. The number of benzene rings is 1. The molecule has 0 spiro atoms. The highest BCUT2D eigenvalue weighted by molar-refractivity contribution is 5.82. The van der Waals surface area contributed by atoms with E-state index < -0.39 is 29.5 Å². The number of hydrogen-bond acceptors (Lipinski definition) is 11. The summed E-state index contributed by atoms with van der Waals surface area (Å²) in [6.45, 7) is 0.724. The molecule has 4 N–H and O–H groups in total. The highest BCUT2D eigenvalue weighted by atomic mass is 16.6. The van der Waals surface area contributed by atoms with Gasteiger partial charge < -0.3 is 30.3 Å². The molecule has 1 amide bonds. The number of fused-ring (bicyclic) bond motifs is 1. The molecule has 5 rings (SSSR count). The largest absolute Gasteiger partial charge is 0.415 e. The predicted molar refractivity (Wildman–Crippen MR) is 136 cm³/mol. The number of nitrogen functional groups attached to an aromatic ring is 1. The Morgan fingerprint density at radius 2 is 2.00 bits per heavy atom. The highest BCUT2D eigenvalue weighted by Gasteiger charge is 2.35. The number of carbonyl (C=O) groups is 1. The third-order valence-corrected chi connectivity index (χ3v) is 6.86. The van der Waals surface area contributed by atoms with Crippen LogP contribution in [0.3, 0.4) is 0 Å². The van der Waals surface area contributed by atoms with Crippen LogP contribution < -0.4 is 10.5 Å². The van der Waals surface area contributed by atoms with Crippen LogP contribution in [0.2, 0.25) is 0 Å². The number of imidazole rings is 1. The van der Waals surface area contributed by atoms with Crippen LogP contribution in [0.4, 0.5) is 16.3 Å². The van der Waals surface area contributed by atoms with Gasteiger partial charge in [-0.25, -0.2) is 19.7 Å². The molecular weight excluding hydrogens is 510 g/mol. The number of ether oxygens (including phenoxy) is 2. The molecule has 0 radical (unpaired) electrons. The molecule has 1 aromatic carbocycles. The summed E-state index contributed by atoms with van der Waals surface area (Å²) in [5.74, 6) is 7.02. The van der Waals surface area contributed by atoms with Crippen molar-refractivity contribution in [3.05, 3.63) is 46.5 Å². The average molecular weight is 538 g/mol. The molecule has 3 atom stereocenters. The number of non-ortho nitro benzene ring substituents is 1. The summed E-state index contributed by atoms with van der Waals surface area (Å²) in [5.41, 5.74) is 6.84. The van der Waals surface area contributed by atoms with Crippen LogP contribution in [0.5, 0.6) is 5.75 Å². The van der Waals surface area contributed by atoms with Gasteiger partial charge in [-0.1, -0.05) is 5.92 Å². The van der Waals surface area contributed by atoms with E-state index in [1.54, 1.807) is 9.47 Å². The number of aliphatic hydroxyl groups excluding tert-OH is 2. The monoisotopic (exact) mass is 537 g/mol. The van der Waals surface area contributed by atoms with E-state index in [1.165, 1.54) is 30.6 Å². The number of nitrogens with two attached hydrogens (primary N) is 1. The molecule has 3 aromatic rings. The molecule has 2 fully saturated rings. The van der Waals surface area contributed by atoms with Crippen molar-refractivity contribution in [2.45, 2.75) is 44.1 Å². The zero-order chi connectivity index (χ0) is 27.5. The van der Waals surface area contributed by atoms with Crippen LogP contribution in [0, 0.1) is 27.9 Å². The number of likely N-dealkylation sites (tertiary alicyclic amines) is 1. The number of nitro benzene ring substituents is 1. The quantitative estimate of drug-likeness (QED) is 0.243. The Balaban J connectivity index is 1.17. The summed E-state index contributed by atoms with van der Waals surface area (Å²) >= 11 is 0. The normalized spacial score (nSPS) is 21.5. The van der Waals surface area contributed by atoms with Crippen molar-refractivity contribution in [3.8, 4) is 17.6 Å². The van der Waals surface area contributed by atoms with Crippen molar-refractivity contribution in [1.29, 1.82) is 0 Å². The summed E-state index contributed by atoms with van der Waals surface area (Å²) in [6, 6.07) is 5.37. The Hall–Kier alpha value is -4.32. The molecule has 1 unspecified atom stereocenters. The lowest BCUT2D eigenvalue weighted by Gasteiger charge is -2.30. The molecule has 0 saturated carbocycles. The van der Waals surface area contributed by atoms with Gasteiger partial charge in [0.15, 0.2) is 11.5 Å². The number of nitrogens with zero attached hydrogens (tertiary/aromatic N) is 6. The smallest absolute Gasteiger partial charge is 0.410 e. The van der Waals surface area contributed by atoms with E-state index in [2.05, 4.69) is 26.8 Å². The Labute approximate surface area is 222 Å². The van der Waals surface area contributed by atoms with E-state index >= 15 is 0 Å². The summed E-state index contributed by atoms with van der Waals surface area (Å²) in [4.78, 5) is 37.3. The number of aliphatic hydroxyl groups is 2. The van der Waals surface area contributed by atoms with Gasteiger partial charge in [-0.05, 0) is 36.8 Å². The number of aromatic nitrogens is 4. The van der Waals surface area contributed by atoms with Crippen molar-refractivity contribution < 1.29 is 29.4 Å². The van der Waals surface area contributed by atoms with E-state index in [1.807, 2.05) is 0 Å². The number of anilines is 1. The van der Waals surface area contributed by atoms with Gasteiger partial charge >= 0.3 is 6.09 Å². The van der Waals surface area contributed by atoms with Gasteiger partial charge in [-0.15, -0.1) is 0 Å². The molecule has 4 heterocycles. The second kappa shape index (κ2) is 11.2. The first-order valence-corrected chi connectivity index (χ1v) is 12.5. The van der Waals surface area contributed by atoms with Crippen LogP contribution in [-0.2, 0) is 4.74 Å². The minimum absolute atomic E-state index is 0.0748. The third kappa shape index (κ3) is 5.75. The molecule has 39 heavy (non-hydrogen) atoms. The Bertz CT molecular complexity index is 1420. The molecule has 2 saturated heterocycles. The Kier molecular flexibility index (Phi) is 7.55. The highest BCUT2D eigenvalue weighted by Crippen LogP contribution is 2.31. The predicted octanol–water partition coefficient (Wildman–Crippen LogP) is 1.61. The molecule has 0 bridgehead atoms. The SMILES string of the molecule is Nc1nc(C#CCC2CCN(C(=O)Oc3ccc([N+](=O)[O-])cc3)CC2)nc2c1ncn2[C@H]1CC(O)[C@@H](CO)O1. The van der Waals surface area contributed by atoms with E-state index in [-0.39, 0.29) is 42.0 Å². The molecule has 2 aromatic heterocycles. The summed E-state index contributed by atoms with van der Waals surface area (Å²) in [5, 5.41) is 30.2. The van der Waals surface area contributed by atoms with E-state index in [9.17, 15) is 25.1 Å². The fourth-order valence-corrected chi connectivity index (χ4v) is 4.65. The van der Waals surface area contributed by atoms with E-state index in [0.29, 0.717) is 30.7 Å². The Morgan fingerprint density at radius 3 is 2.67 bits per heavy atom. The van der Waals surface area contributed by atoms with Gasteiger partial charge in [0.1, 0.15) is 23.6 Å². The third-order valence-electron chi connectivity index (χ3n) is 6.86. The molecule has 2 aliphatic heterocycles. The number of nitro groups is 1. The molecule has 0 aliphatic carbocycles. The van der Waals surface area contributed by atoms with Crippen molar-refractivity contribution >= 4 is 28.8 Å². The lowest BCUT2D eigenvalue weighted by molar-refractivity contribution is -0.384. The zero-order valence-electron chi connectivity index (χ0n) is 20.8. The number of carbonyl (C=O) groups excluding carboxylic acids is 1. The van der Waals surface area contributed by atoms with Crippen LogP contribution in [0.1, 0.15) is 37.7 Å². The van der Waals surface area contributed by atoms with E-state index in [0.717, 1.165) is 12.8 Å². The van der Waals surface area contributed by atoms with Crippen molar-refractivity contribution in [3.63, 3.8) is 0 Å². The van der Waals surface area contributed by atoms with E-state index in [4.69, 9.17) is 15.2 Å². The zero-order valence-corrected chi connectivity index (χ0v) is 20.8. The Morgan fingerprint density at radius 1 is 1.26 bits per heavy atom. The molecule has 2 aliphatic rings. The van der Waals surface area contributed by atoms with Crippen molar-refractivity contribution in [2.24, 2.45) is 5.92 Å². The maximum atomic E-state index is 12.5. The molecule has 14 heteroatoms. The van der Waals surface area contributed by atoms with Gasteiger partial charge in [0.25, 0.3) is 5.69 Å². The van der Waals surface area contributed by atoms with Crippen molar-refractivity contribution in [1.82, 2.24) is 24.4 Å². The van der Waals surface area contributed by atoms with Gasteiger partial charge in [0.05, 0.1) is 24.0 Å². The lowest BCUT2D eigenvalue weighted by Crippen LogP contribution is -2.40. The van der Waals surface area contributed by atoms with Crippen LogP contribution in [0.15, 0.2) is 30.6 Å². The number of amides is 1. The minimum atomic E-state index is -0.800. The van der Waals surface area contributed by atoms with Gasteiger partial charge in [0.2, 0.25) is 5.82 Å². The summed E-state index contributed by atoms with van der Waals surface area (Å²) in [6.07, 6.45) is 1.35. The van der Waals surface area contributed by atoms with Gasteiger partial charge in [0, 0.05) is 38.1 Å². The topological polar surface area (TPSA) is 192 Å². The standard InChI is InChI=1S/C25H27N7O7/c26-23-22-24(31(14-27-22)21-12-18(34)19(13-33)39-21)29-20(28-23)3-1-2-15-8-10-30(11-9-15)25(35)38-17-6-4-16(5-7-17)32(36)37/h4-7,14-15,18-19,21,33-34H,2,8-13H2,(H2,26,28,29)/t18?,19-,21-/m1/s1. The summed E-state index contributed by atoms with van der Waals surface area (Å²) < 4.78 is 12.7. The van der Waals surface area contributed by atoms with Crippen LogP contribution >= 0.6 is 0 Å². The molecule has 204 valence electrons. The second-order valence-corrected chi connectivity index (χ2v) is 9.43. The fourth-order valence-electron chi connectivity index (χ4n) is 4.65. The first kappa shape index (κ1) is 26.3. The first-order valence-electron chi connectivity index (χ1n) is 12.5. The first-order chi connectivity index (χ1) is 18.8. The van der Waals surface area contributed by atoms with Gasteiger partial charge in [-0.2, -0.15) is 0 Å². The maximum absolute atomic E-state index is 12.5. The molecular formula is C25H27N7O7. The average Bonchev–Trinajstić information content (AvgIpc) is 3.52. The van der Waals surface area contributed by atoms with Crippen LogP contribution in [-0.4, -0.2) is 77.6 Å². The lowest BCUT2D eigenvalue weighted by atomic mass is 9.94. The summed E-state index contributed by atoms with van der Waals surface area (Å²) in [7, 11) is 0. The maximum Gasteiger partial charge on any atom is 0.415 e. The van der Waals surface area contributed by atoms with Crippen molar-refractivity contribution in [2.75, 3.05) is 25.4 Å². The number of hydrogen-bond donors (Lipinski definition) is 3. The van der Waals surface area contributed by atoms with Crippen LogP contribution in [0.25, 0.3) is 11.2 Å². The number of piperidine rings is 1. The number of rotatable bonds is 5.